The molecule has 0 spiro atoms. The molecule has 1 aliphatic carbocycles. The fraction of sp³-hybridized carbons (Fsp3) is 0.360. The number of hydrogen-bond acceptors (Lipinski definition) is 5. The maximum atomic E-state index is 12.9. The van der Waals surface area contributed by atoms with Crippen molar-refractivity contribution in [2.75, 3.05) is 14.2 Å². The molecule has 1 aromatic rings. The van der Waals surface area contributed by atoms with Gasteiger partial charge in [0, 0.05) is 32.4 Å². The van der Waals surface area contributed by atoms with E-state index < -0.39 is 47.8 Å². The third kappa shape index (κ3) is 5.09. The highest BCUT2D eigenvalue weighted by atomic mass is 16.5. The fourth-order valence-corrected chi connectivity index (χ4v) is 4.32. The van der Waals surface area contributed by atoms with E-state index in [0.717, 1.165) is 16.7 Å². The van der Waals surface area contributed by atoms with Crippen LogP contribution in [0.25, 0.3) is 5.57 Å². The van der Waals surface area contributed by atoms with E-state index in [1.54, 1.807) is 19.1 Å². The summed E-state index contributed by atoms with van der Waals surface area (Å²) in [6.45, 7) is 3.53. The smallest absolute Gasteiger partial charge is 0.316 e. The third-order valence-electron chi connectivity index (χ3n) is 6.20. The molecular weight excluding hydrogens is 438 g/mol. The Hall–Kier alpha value is -3.72. The first kappa shape index (κ1) is 24.9. The van der Waals surface area contributed by atoms with Crippen LogP contribution in [-0.2, 0) is 19.1 Å². The molecule has 0 radical (unpaired) electrons. The molecule has 1 heterocycles. The summed E-state index contributed by atoms with van der Waals surface area (Å²) in [5.74, 6) is -2.23. The van der Waals surface area contributed by atoms with Crippen LogP contribution in [0.1, 0.15) is 30.9 Å². The minimum atomic E-state index is -1.39. The van der Waals surface area contributed by atoms with Crippen LogP contribution in [0.15, 0.2) is 54.3 Å². The number of carboxylic acid groups (broad SMARTS) is 1. The van der Waals surface area contributed by atoms with Crippen molar-refractivity contribution < 1.29 is 29.0 Å². The number of allylic oxidation sites excluding steroid dienone is 2. The van der Waals surface area contributed by atoms with Gasteiger partial charge in [-0.05, 0) is 30.5 Å². The van der Waals surface area contributed by atoms with Gasteiger partial charge in [0.25, 0.3) is 5.91 Å². The molecule has 3 amide bonds. The number of benzene rings is 1. The van der Waals surface area contributed by atoms with Crippen molar-refractivity contribution in [1.29, 1.82) is 0 Å². The molecule has 3 atom stereocenters. The summed E-state index contributed by atoms with van der Waals surface area (Å²) in [4.78, 5) is 50.6. The van der Waals surface area contributed by atoms with Crippen LogP contribution in [0.5, 0.6) is 0 Å². The highest BCUT2D eigenvalue weighted by Gasteiger charge is 2.42. The molecule has 0 aromatic heterocycles. The Labute approximate surface area is 198 Å². The van der Waals surface area contributed by atoms with Crippen LogP contribution < -0.4 is 10.6 Å². The van der Waals surface area contributed by atoms with Crippen molar-refractivity contribution in [3.05, 3.63) is 65.4 Å². The molecule has 0 fully saturated rings. The summed E-state index contributed by atoms with van der Waals surface area (Å²) in [5, 5.41) is 14.6. The number of ether oxygens (including phenoxy) is 1. The highest BCUT2D eigenvalue weighted by molar-refractivity contribution is 6.16. The zero-order chi connectivity index (χ0) is 25.0. The summed E-state index contributed by atoms with van der Waals surface area (Å²) in [6.07, 6.45) is 6.72. The minimum absolute atomic E-state index is 0.314. The second-order valence-electron chi connectivity index (χ2n) is 8.53. The topological polar surface area (TPSA) is 125 Å². The van der Waals surface area contributed by atoms with Crippen LogP contribution >= 0.6 is 0 Å². The lowest BCUT2D eigenvalue weighted by Crippen LogP contribution is -2.60. The quantitative estimate of drug-likeness (QED) is 0.528. The average Bonchev–Trinajstić information content (AvgIpc) is 2.80. The van der Waals surface area contributed by atoms with Gasteiger partial charge in [-0.1, -0.05) is 42.5 Å². The number of carbonyl (C=O) groups excluding carboxylic acids is 3. The van der Waals surface area contributed by atoms with E-state index in [4.69, 9.17) is 4.74 Å². The first-order chi connectivity index (χ1) is 16.1. The van der Waals surface area contributed by atoms with Gasteiger partial charge in [0.1, 0.15) is 5.60 Å². The zero-order valence-electron chi connectivity index (χ0n) is 19.6. The standard InChI is InChI=1S/C25H29N3O6/c1-15-8-5-6-10-18(15)17-9-7-11-25(13-17,34-4)19(12-20(29)30)26-24(33)27-21-22(31)16(2)14-28(3)23(21)32/h5-11,14,19,21H,12-13H2,1-4H3,(H,29,30)(H2,26,27,33). The Morgan fingerprint density at radius 3 is 2.62 bits per heavy atom. The van der Waals surface area contributed by atoms with Crippen molar-refractivity contribution in [3.63, 3.8) is 0 Å². The second-order valence-corrected chi connectivity index (χ2v) is 8.53. The molecule has 3 N–H and O–H groups in total. The normalized spacial score (nSPS) is 23.2. The van der Waals surface area contributed by atoms with E-state index >= 15 is 0 Å². The number of aryl methyl sites for hydroxylation is 1. The van der Waals surface area contributed by atoms with E-state index in [1.165, 1.54) is 25.3 Å². The van der Waals surface area contributed by atoms with Crippen molar-refractivity contribution in [2.24, 2.45) is 0 Å². The summed E-state index contributed by atoms with van der Waals surface area (Å²) in [5.41, 5.74) is 2.15. The number of ketones is 1. The Bertz CT molecular complexity index is 1110. The van der Waals surface area contributed by atoms with Crippen molar-refractivity contribution in [1.82, 2.24) is 15.5 Å². The van der Waals surface area contributed by atoms with Crippen LogP contribution in [0.3, 0.4) is 0 Å². The number of hydrogen-bond donors (Lipinski definition) is 3. The molecule has 3 rings (SSSR count). The lowest BCUT2D eigenvalue weighted by molar-refractivity contribution is -0.139. The number of amides is 3. The lowest BCUT2D eigenvalue weighted by Gasteiger charge is -2.39. The van der Waals surface area contributed by atoms with E-state index in [-0.39, 0.29) is 0 Å². The third-order valence-corrected chi connectivity index (χ3v) is 6.20. The monoisotopic (exact) mass is 467 g/mol. The van der Waals surface area contributed by atoms with Crippen molar-refractivity contribution in [3.8, 4) is 0 Å². The van der Waals surface area contributed by atoms with Gasteiger partial charge in [-0.3, -0.25) is 14.4 Å². The van der Waals surface area contributed by atoms with Gasteiger partial charge in [0.15, 0.2) is 11.8 Å². The molecule has 1 aromatic carbocycles. The average molecular weight is 468 g/mol. The summed E-state index contributed by atoms with van der Waals surface area (Å²) in [6, 6.07) is 4.60. The Kier molecular flexibility index (Phi) is 7.36. The maximum absolute atomic E-state index is 12.9. The molecular formula is C25H29N3O6. The van der Waals surface area contributed by atoms with Crippen LogP contribution in [0, 0.1) is 6.92 Å². The van der Waals surface area contributed by atoms with E-state index in [0.29, 0.717) is 12.0 Å². The van der Waals surface area contributed by atoms with Gasteiger partial charge in [0.05, 0.1) is 12.5 Å². The van der Waals surface area contributed by atoms with Crippen LogP contribution in [0.4, 0.5) is 4.79 Å². The largest absolute Gasteiger partial charge is 0.481 e. The number of urea groups is 1. The van der Waals surface area contributed by atoms with Crippen LogP contribution in [0.2, 0.25) is 0 Å². The van der Waals surface area contributed by atoms with Gasteiger partial charge < -0.3 is 25.4 Å². The first-order valence-corrected chi connectivity index (χ1v) is 10.9. The molecule has 3 unspecified atom stereocenters. The number of nitrogens with zero attached hydrogens (tertiary/aromatic N) is 1. The molecule has 9 nitrogen and oxygen atoms in total. The second kappa shape index (κ2) is 10.0. The molecule has 9 heteroatoms. The van der Waals surface area contributed by atoms with Gasteiger partial charge in [0.2, 0.25) is 0 Å². The number of aliphatic carboxylic acids is 1. The first-order valence-electron chi connectivity index (χ1n) is 10.9. The van der Waals surface area contributed by atoms with E-state index in [9.17, 15) is 24.3 Å². The molecule has 1 aliphatic heterocycles. The van der Waals surface area contributed by atoms with Gasteiger partial charge in [-0.2, -0.15) is 0 Å². The number of rotatable bonds is 7. The molecule has 0 bridgehead atoms. The Morgan fingerprint density at radius 2 is 1.97 bits per heavy atom. The molecule has 2 aliphatic rings. The number of likely N-dealkylation sites (N-methyl/N-ethyl adjacent to an activating group) is 1. The Morgan fingerprint density at radius 1 is 1.26 bits per heavy atom. The summed E-state index contributed by atoms with van der Waals surface area (Å²) in [7, 11) is 2.95. The van der Waals surface area contributed by atoms with Gasteiger partial charge in [-0.25, -0.2) is 4.79 Å². The highest BCUT2D eigenvalue weighted by Crippen LogP contribution is 2.36. The van der Waals surface area contributed by atoms with Crippen LogP contribution in [-0.4, -0.2) is 65.5 Å². The summed E-state index contributed by atoms with van der Waals surface area (Å²) >= 11 is 0. The lowest BCUT2D eigenvalue weighted by atomic mass is 9.79. The predicted octanol–water partition coefficient (Wildman–Crippen LogP) is 2.18. The van der Waals surface area contributed by atoms with Gasteiger partial charge in [-0.15, -0.1) is 0 Å². The number of methoxy groups -OCH3 is 1. The number of nitrogens with one attached hydrogen (secondary N) is 2. The number of carbonyl (C=O) groups is 4. The number of Topliss-reactive ketones (excluding diaryl/α,β-unsaturated/α-hetero) is 1. The van der Waals surface area contributed by atoms with E-state index in [2.05, 4.69) is 10.6 Å². The predicted molar refractivity (Wildman–Crippen MR) is 126 cm³/mol. The Balaban J connectivity index is 1.84. The zero-order valence-corrected chi connectivity index (χ0v) is 19.6. The number of carboxylic acids is 1. The summed E-state index contributed by atoms with van der Waals surface area (Å²) < 4.78 is 5.82. The molecule has 0 saturated heterocycles. The van der Waals surface area contributed by atoms with Gasteiger partial charge >= 0.3 is 12.0 Å². The van der Waals surface area contributed by atoms with Crippen molar-refractivity contribution in [2.45, 2.75) is 44.4 Å². The minimum Gasteiger partial charge on any atom is -0.481 e. The fourth-order valence-electron chi connectivity index (χ4n) is 4.32. The van der Waals surface area contributed by atoms with E-state index in [1.807, 2.05) is 37.3 Å². The molecule has 0 saturated carbocycles. The molecule has 34 heavy (non-hydrogen) atoms. The molecule has 180 valence electrons. The van der Waals surface area contributed by atoms with Crippen molar-refractivity contribution >= 4 is 29.3 Å². The maximum Gasteiger partial charge on any atom is 0.316 e. The SMILES string of the molecule is COC1(C(CC(=O)O)NC(=O)NC2C(=O)C(C)=CN(C)C2=O)C=CC=C(c2ccccc2C)C1.